The van der Waals surface area contributed by atoms with Gasteiger partial charge in [0.25, 0.3) is 10.0 Å². The highest BCUT2D eigenvalue weighted by molar-refractivity contribution is 7.92. The van der Waals surface area contributed by atoms with Crippen LogP contribution in [-0.4, -0.2) is 13.4 Å². The first-order chi connectivity index (χ1) is 9.83. The van der Waals surface area contributed by atoms with E-state index in [1.807, 2.05) is 6.92 Å². The number of nitrogens with two attached hydrogens (primary N) is 1. The van der Waals surface area contributed by atoms with Crippen LogP contribution in [0.15, 0.2) is 35.2 Å². The predicted molar refractivity (Wildman–Crippen MR) is 85.0 cm³/mol. The molecule has 1 aromatic carbocycles. The lowest BCUT2D eigenvalue weighted by molar-refractivity contribution is 0.601. The van der Waals surface area contributed by atoms with Crippen molar-refractivity contribution in [3.8, 4) is 0 Å². The summed E-state index contributed by atoms with van der Waals surface area (Å²) in [6, 6.07) is 7.82. The van der Waals surface area contributed by atoms with Gasteiger partial charge in [-0.15, -0.1) is 0 Å². The summed E-state index contributed by atoms with van der Waals surface area (Å²) >= 11 is 5.75. The SMILES string of the molecule is CCc1ccc(S(=O)(=O)Nc2ccc(Cl)nc2C)cc1N. The van der Waals surface area contributed by atoms with Crippen LogP contribution >= 0.6 is 11.6 Å². The molecule has 2 rings (SSSR count). The number of sulfonamides is 1. The fraction of sp³-hybridized carbons (Fsp3) is 0.214. The number of hydrogen-bond donors (Lipinski definition) is 2. The number of nitrogens with zero attached hydrogens (tertiary/aromatic N) is 1. The lowest BCUT2D eigenvalue weighted by atomic mass is 10.1. The number of halogens is 1. The highest BCUT2D eigenvalue weighted by atomic mass is 35.5. The van der Waals surface area contributed by atoms with Crippen molar-refractivity contribution in [3.63, 3.8) is 0 Å². The maximum absolute atomic E-state index is 12.4. The molecule has 7 heteroatoms. The van der Waals surface area contributed by atoms with Crippen molar-refractivity contribution in [2.45, 2.75) is 25.2 Å². The zero-order valence-corrected chi connectivity index (χ0v) is 13.3. The molecule has 0 atom stereocenters. The third-order valence-corrected chi connectivity index (χ3v) is 4.68. The Hall–Kier alpha value is -1.79. The van der Waals surface area contributed by atoms with Crippen LogP contribution in [0.2, 0.25) is 5.15 Å². The Bertz CT molecular complexity index is 776. The summed E-state index contributed by atoms with van der Waals surface area (Å²) in [6.45, 7) is 3.64. The topological polar surface area (TPSA) is 85.1 Å². The number of nitrogen functional groups attached to an aromatic ring is 1. The summed E-state index contributed by atoms with van der Waals surface area (Å²) < 4.78 is 27.2. The van der Waals surface area contributed by atoms with Crippen LogP contribution in [0, 0.1) is 6.92 Å². The summed E-state index contributed by atoms with van der Waals surface area (Å²) in [7, 11) is -3.71. The highest BCUT2D eigenvalue weighted by Gasteiger charge is 2.16. The molecule has 0 radical (unpaired) electrons. The number of benzene rings is 1. The Kier molecular flexibility index (Phi) is 4.39. The minimum absolute atomic E-state index is 0.117. The smallest absolute Gasteiger partial charge is 0.262 e. The van der Waals surface area contributed by atoms with E-state index in [-0.39, 0.29) is 4.90 Å². The Labute approximate surface area is 129 Å². The van der Waals surface area contributed by atoms with Gasteiger partial charge in [0.2, 0.25) is 0 Å². The van der Waals surface area contributed by atoms with Crippen LogP contribution in [-0.2, 0) is 16.4 Å². The van der Waals surface area contributed by atoms with E-state index in [0.717, 1.165) is 12.0 Å². The molecule has 1 heterocycles. The third kappa shape index (κ3) is 3.46. The number of nitrogens with one attached hydrogen (secondary N) is 1. The third-order valence-electron chi connectivity index (χ3n) is 3.10. The number of hydrogen-bond acceptors (Lipinski definition) is 4. The van der Waals surface area contributed by atoms with E-state index in [9.17, 15) is 8.42 Å². The molecule has 0 aliphatic carbocycles. The highest BCUT2D eigenvalue weighted by Crippen LogP contribution is 2.23. The van der Waals surface area contributed by atoms with Crippen LogP contribution in [0.1, 0.15) is 18.2 Å². The molecule has 0 spiro atoms. The predicted octanol–water partition coefficient (Wildman–Crippen LogP) is 2.99. The van der Waals surface area contributed by atoms with Gasteiger partial charge in [-0.1, -0.05) is 24.6 Å². The van der Waals surface area contributed by atoms with Gasteiger partial charge >= 0.3 is 0 Å². The van der Waals surface area contributed by atoms with Crippen molar-refractivity contribution in [2.75, 3.05) is 10.5 Å². The zero-order valence-electron chi connectivity index (χ0n) is 11.7. The van der Waals surface area contributed by atoms with Crippen molar-refractivity contribution in [3.05, 3.63) is 46.7 Å². The van der Waals surface area contributed by atoms with Crippen LogP contribution in [0.4, 0.5) is 11.4 Å². The number of rotatable bonds is 4. The molecule has 1 aromatic heterocycles. The number of anilines is 2. The Morgan fingerprint density at radius 3 is 2.57 bits per heavy atom. The molecule has 0 amide bonds. The van der Waals surface area contributed by atoms with Crippen LogP contribution in [0.5, 0.6) is 0 Å². The van der Waals surface area contributed by atoms with Gasteiger partial charge < -0.3 is 5.73 Å². The molecule has 0 saturated heterocycles. The molecule has 5 nitrogen and oxygen atoms in total. The quantitative estimate of drug-likeness (QED) is 0.668. The van der Waals surface area contributed by atoms with Crippen LogP contribution < -0.4 is 10.5 Å². The Morgan fingerprint density at radius 2 is 2.00 bits per heavy atom. The van der Waals surface area contributed by atoms with Gasteiger partial charge in [0.05, 0.1) is 16.3 Å². The lowest BCUT2D eigenvalue weighted by Gasteiger charge is -2.11. The van der Waals surface area contributed by atoms with E-state index in [1.54, 1.807) is 19.1 Å². The fourth-order valence-electron chi connectivity index (χ4n) is 1.90. The zero-order chi connectivity index (χ0) is 15.6. The fourth-order valence-corrected chi connectivity index (χ4v) is 3.25. The molecule has 0 bridgehead atoms. The summed E-state index contributed by atoms with van der Waals surface area (Å²) in [5.41, 5.74) is 8.12. The van der Waals surface area contributed by atoms with E-state index in [4.69, 9.17) is 17.3 Å². The normalized spacial score (nSPS) is 11.4. The molecule has 3 N–H and O–H groups in total. The average molecular weight is 326 g/mol. The Morgan fingerprint density at radius 1 is 1.29 bits per heavy atom. The van der Waals surface area contributed by atoms with Crippen LogP contribution in [0.25, 0.3) is 0 Å². The summed E-state index contributed by atoms with van der Waals surface area (Å²) in [5.74, 6) is 0. The maximum Gasteiger partial charge on any atom is 0.262 e. The van der Waals surface area contributed by atoms with Crippen molar-refractivity contribution in [2.24, 2.45) is 0 Å². The van der Waals surface area contributed by atoms with Crippen molar-refractivity contribution < 1.29 is 8.42 Å². The average Bonchev–Trinajstić information content (AvgIpc) is 2.42. The molecule has 0 fully saturated rings. The van der Waals surface area contributed by atoms with Crippen LogP contribution in [0.3, 0.4) is 0 Å². The van der Waals surface area contributed by atoms with Gasteiger partial charge in [0.1, 0.15) is 5.15 Å². The van der Waals surface area contributed by atoms with E-state index in [2.05, 4.69) is 9.71 Å². The monoisotopic (exact) mass is 325 g/mol. The van der Waals surface area contributed by atoms with Gasteiger partial charge in [-0.3, -0.25) is 4.72 Å². The lowest BCUT2D eigenvalue weighted by Crippen LogP contribution is -2.14. The van der Waals surface area contributed by atoms with Gasteiger partial charge in [0.15, 0.2) is 0 Å². The summed E-state index contributed by atoms with van der Waals surface area (Å²) in [6.07, 6.45) is 0.750. The molecule has 0 aliphatic rings. The molecule has 0 saturated carbocycles. The molecule has 2 aromatic rings. The molecule has 21 heavy (non-hydrogen) atoms. The standard InChI is InChI=1S/C14H16ClN3O2S/c1-3-10-4-5-11(8-12(10)16)21(19,20)18-13-6-7-14(15)17-9(13)2/h4-8,18H,3,16H2,1-2H3. The molecule has 0 unspecified atom stereocenters. The molecule has 112 valence electrons. The number of aromatic nitrogens is 1. The van der Waals surface area contributed by atoms with Gasteiger partial charge in [-0.2, -0.15) is 0 Å². The Balaban J connectivity index is 2.36. The number of aryl methyl sites for hydroxylation is 2. The first kappa shape index (κ1) is 15.6. The molecular formula is C14H16ClN3O2S. The van der Waals surface area contributed by atoms with E-state index >= 15 is 0 Å². The second-order valence-electron chi connectivity index (χ2n) is 4.59. The van der Waals surface area contributed by atoms with E-state index in [1.165, 1.54) is 18.2 Å². The minimum Gasteiger partial charge on any atom is -0.398 e. The molecular weight excluding hydrogens is 310 g/mol. The largest absolute Gasteiger partial charge is 0.398 e. The van der Waals surface area contributed by atoms with E-state index in [0.29, 0.717) is 22.2 Å². The van der Waals surface area contributed by atoms with Gasteiger partial charge in [-0.05, 0) is 43.2 Å². The van der Waals surface area contributed by atoms with Crippen molar-refractivity contribution >= 4 is 33.0 Å². The maximum atomic E-state index is 12.4. The first-order valence-corrected chi connectivity index (χ1v) is 8.24. The summed E-state index contributed by atoms with van der Waals surface area (Å²) in [5, 5.41) is 0.312. The second kappa shape index (κ2) is 5.91. The van der Waals surface area contributed by atoms with Gasteiger partial charge in [0, 0.05) is 5.69 Å². The number of pyridine rings is 1. The second-order valence-corrected chi connectivity index (χ2v) is 6.66. The van der Waals surface area contributed by atoms with Crippen molar-refractivity contribution in [1.29, 1.82) is 0 Å². The van der Waals surface area contributed by atoms with Crippen molar-refractivity contribution in [1.82, 2.24) is 4.98 Å². The minimum atomic E-state index is -3.71. The van der Waals surface area contributed by atoms with E-state index < -0.39 is 10.0 Å². The van der Waals surface area contributed by atoms with Gasteiger partial charge in [-0.25, -0.2) is 13.4 Å². The summed E-state index contributed by atoms with van der Waals surface area (Å²) in [4.78, 5) is 4.13. The molecule has 0 aliphatic heterocycles. The first-order valence-electron chi connectivity index (χ1n) is 6.38.